The quantitative estimate of drug-likeness (QED) is 0.879. The number of nitrogens with two attached hydrogens (primary N) is 1. The molecule has 1 aromatic heterocycles. The Labute approximate surface area is 124 Å². The molecule has 0 radical (unpaired) electrons. The molecule has 0 aliphatic rings. The van der Waals surface area contributed by atoms with E-state index in [0.717, 1.165) is 27.5 Å². The summed E-state index contributed by atoms with van der Waals surface area (Å²) in [7, 11) is 0. The maximum absolute atomic E-state index is 6.25. The van der Waals surface area contributed by atoms with Crippen LogP contribution in [0.25, 0.3) is 0 Å². The Morgan fingerprint density at radius 1 is 1.15 bits per heavy atom. The van der Waals surface area contributed by atoms with Crippen molar-refractivity contribution in [1.29, 1.82) is 0 Å². The number of aromatic nitrogens is 1. The van der Waals surface area contributed by atoms with Gasteiger partial charge in [-0.3, -0.25) is 0 Å². The normalized spacial score (nSPS) is 10.9. The first-order valence-electron chi connectivity index (χ1n) is 6.58. The van der Waals surface area contributed by atoms with Crippen LogP contribution in [-0.2, 0) is 0 Å². The van der Waals surface area contributed by atoms with Gasteiger partial charge in [0.15, 0.2) is 0 Å². The molecule has 2 N–H and O–H groups in total. The third kappa shape index (κ3) is 3.05. The molecule has 2 aromatic rings. The van der Waals surface area contributed by atoms with E-state index in [2.05, 4.69) is 18.8 Å². The maximum atomic E-state index is 6.25. The average molecular weight is 291 g/mol. The Morgan fingerprint density at radius 2 is 1.85 bits per heavy atom. The van der Waals surface area contributed by atoms with Crippen molar-refractivity contribution < 1.29 is 4.74 Å². The molecule has 0 unspecified atom stereocenters. The van der Waals surface area contributed by atoms with E-state index in [9.17, 15) is 0 Å². The monoisotopic (exact) mass is 290 g/mol. The minimum atomic E-state index is 0.335. The molecule has 1 aromatic carbocycles. The summed E-state index contributed by atoms with van der Waals surface area (Å²) < 4.78 is 5.84. The molecule has 0 aliphatic carbocycles. The van der Waals surface area contributed by atoms with Crippen LogP contribution in [0.5, 0.6) is 11.6 Å². The van der Waals surface area contributed by atoms with Crippen LogP contribution in [0.3, 0.4) is 0 Å². The van der Waals surface area contributed by atoms with Crippen LogP contribution in [-0.4, -0.2) is 4.98 Å². The van der Waals surface area contributed by atoms with Gasteiger partial charge in [0.25, 0.3) is 0 Å². The summed E-state index contributed by atoms with van der Waals surface area (Å²) in [4.78, 5) is 4.24. The summed E-state index contributed by atoms with van der Waals surface area (Å²) in [6.45, 7) is 8.07. The minimum Gasteiger partial charge on any atom is -0.439 e. The van der Waals surface area contributed by atoms with Gasteiger partial charge in [-0.15, -0.1) is 0 Å². The van der Waals surface area contributed by atoms with Gasteiger partial charge >= 0.3 is 0 Å². The predicted molar refractivity (Wildman–Crippen MR) is 83.7 cm³/mol. The number of pyridine rings is 1. The summed E-state index contributed by atoms with van der Waals surface area (Å²) in [5, 5.41) is 0.765. The Kier molecular flexibility index (Phi) is 4.19. The number of ether oxygens (including phenoxy) is 1. The van der Waals surface area contributed by atoms with Crippen LogP contribution in [0.1, 0.15) is 36.5 Å². The van der Waals surface area contributed by atoms with Crippen LogP contribution in [0.4, 0.5) is 5.69 Å². The van der Waals surface area contributed by atoms with Crippen LogP contribution < -0.4 is 10.5 Å². The number of halogens is 1. The van der Waals surface area contributed by atoms with Gasteiger partial charge in [0.2, 0.25) is 5.88 Å². The molecular formula is C16H19ClN2O. The second kappa shape index (κ2) is 5.71. The van der Waals surface area contributed by atoms with E-state index in [4.69, 9.17) is 22.1 Å². The summed E-state index contributed by atoms with van der Waals surface area (Å²) in [5.74, 6) is 1.59. The van der Waals surface area contributed by atoms with E-state index >= 15 is 0 Å². The molecular weight excluding hydrogens is 272 g/mol. The highest BCUT2D eigenvalue weighted by molar-refractivity contribution is 6.31. The van der Waals surface area contributed by atoms with E-state index in [-0.39, 0.29) is 0 Å². The number of nitrogens with zero attached hydrogens (tertiary/aromatic N) is 1. The molecule has 3 nitrogen and oxygen atoms in total. The third-order valence-electron chi connectivity index (χ3n) is 3.25. The lowest BCUT2D eigenvalue weighted by Crippen LogP contribution is -1.97. The Morgan fingerprint density at radius 3 is 2.45 bits per heavy atom. The molecule has 0 saturated carbocycles. The topological polar surface area (TPSA) is 48.1 Å². The second-order valence-electron chi connectivity index (χ2n) is 5.28. The molecule has 0 amide bonds. The lowest BCUT2D eigenvalue weighted by molar-refractivity contribution is 0.458. The number of hydrogen-bond acceptors (Lipinski definition) is 3. The summed E-state index contributed by atoms with van der Waals surface area (Å²) in [5.41, 5.74) is 9.52. The van der Waals surface area contributed by atoms with Crippen molar-refractivity contribution in [1.82, 2.24) is 4.98 Å². The summed E-state index contributed by atoms with van der Waals surface area (Å²) in [6, 6.07) is 5.63. The van der Waals surface area contributed by atoms with Crippen molar-refractivity contribution in [2.24, 2.45) is 0 Å². The standard InChI is InChI=1S/C16H19ClN2O/c1-9(2)12-6-15(10(3)5-13(12)17)20-16-7-14(18)11(4)8-19-16/h5-9H,1-4H3,(H2,18,19). The Bertz CT molecular complexity index is 639. The molecule has 106 valence electrons. The molecule has 0 aliphatic heterocycles. The fourth-order valence-corrected chi connectivity index (χ4v) is 2.34. The maximum Gasteiger partial charge on any atom is 0.221 e. The highest BCUT2D eigenvalue weighted by Crippen LogP contribution is 2.33. The van der Waals surface area contributed by atoms with Gasteiger partial charge in [0.05, 0.1) is 0 Å². The van der Waals surface area contributed by atoms with Crippen molar-refractivity contribution in [2.45, 2.75) is 33.6 Å². The molecule has 0 atom stereocenters. The number of anilines is 1. The van der Waals surface area contributed by atoms with Gasteiger partial charge in [-0.1, -0.05) is 25.4 Å². The molecule has 0 saturated heterocycles. The van der Waals surface area contributed by atoms with Crippen molar-refractivity contribution in [3.63, 3.8) is 0 Å². The lowest BCUT2D eigenvalue weighted by Gasteiger charge is -2.14. The van der Waals surface area contributed by atoms with Crippen LogP contribution in [0.2, 0.25) is 5.02 Å². The molecule has 2 rings (SSSR count). The number of hydrogen-bond donors (Lipinski definition) is 1. The van der Waals surface area contributed by atoms with Gasteiger partial charge in [-0.25, -0.2) is 4.98 Å². The van der Waals surface area contributed by atoms with Gasteiger partial charge in [-0.05, 0) is 48.6 Å². The second-order valence-corrected chi connectivity index (χ2v) is 5.68. The van der Waals surface area contributed by atoms with E-state index in [0.29, 0.717) is 17.5 Å². The average Bonchev–Trinajstić information content (AvgIpc) is 2.36. The van der Waals surface area contributed by atoms with Crippen molar-refractivity contribution in [3.05, 3.63) is 46.1 Å². The number of nitrogen functional groups attached to an aromatic ring is 1. The highest BCUT2D eigenvalue weighted by Gasteiger charge is 2.11. The highest BCUT2D eigenvalue weighted by atomic mass is 35.5. The molecule has 0 fully saturated rings. The largest absolute Gasteiger partial charge is 0.439 e. The summed E-state index contributed by atoms with van der Waals surface area (Å²) in [6.07, 6.45) is 1.71. The van der Waals surface area contributed by atoms with Crippen molar-refractivity contribution in [2.75, 3.05) is 5.73 Å². The Hall–Kier alpha value is -1.74. The van der Waals surface area contributed by atoms with Crippen molar-refractivity contribution in [3.8, 4) is 11.6 Å². The fraction of sp³-hybridized carbons (Fsp3) is 0.312. The smallest absolute Gasteiger partial charge is 0.221 e. The number of rotatable bonds is 3. The first kappa shape index (κ1) is 14.7. The molecule has 4 heteroatoms. The van der Waals surface area contributed by atoms with E-state index in [1.807, 2.05) is 26.0 Å². The van der Waals surface area contributed by atoms with E-state index in [1.54, 1.807) is 12.3 Å². The molecule has 20 heavy (non-hydrogen) atoms. The third-order valence-corrected chi connectivity index (χ3v) is 3.58. The first-order valence-corrected chi connectivity index (χ1v) is 6.96. The summed E-state index contributed by atoms with van der Waals surface area (Å²) >= 11 is 6.25. The van der Waals surface area contributed by atoms with Gasteiger partial charge in [0.1, 0.15) is 5.75 Å². The first-order chi connectivity index (χ1) is 9.38. The lowest BCUT2D eigenvalue weighted by atomic mass is 10.0. The van der Waals surface area contributed by atoms with Crippen LogP contribution in [0.15, 0.2) is 24.4 Å². The minimum absolute atomic E-state index is 0.335. The van der Waals surface area contributed by atoms with E-state index in [1.165, 1.54) is 0 Å². The molecule has 1 heterocycles. The van der Waals surface area contributed by atoms with E-state index < -0.39 is 0 Å². The molecule has 0 spiro atoms. The van der Waals surface area contributed by atoms with Gasteiger partial charge in [-0.2, -0.15) is 0 Å². The zero-order valence-corrected chi connectivity index (χ0v) is 13.0. The number of benzene rings is 1. The zero-order chi connectivity index (χ0) is 14.9. The fourth-order valence-electron chi connectivity index (χ4n) is 1.91. The van der Waals surface area contributed by atoms with Gasteiger partial charge < -0.3 is 10.5 Å². The zero-order valence-electron chi connectivity index (χ0n) is 12.2. The Balaban J connectivity index is 2.37. The predicted octanol–water partition coefficient (Wildman–Crippen LogP) is 4.85. The number of aryl methyl sites for hydroxylation is 2. The van der Waals surface area contributed by atoms with Crippen LogP contribution in [0, 0.1) is 13.8 Å². The van der Waals surface area contributed by atoms with Crippen molar-refractivity contribution >= 4 is 17.3 Å². The molecule has 0 bridgehead atoms. The van der Waals surface area contributed by atoms with Crippen LogP contribution >= 0.6 is 11.6 Å². The van der Waals surface area contributed by atoms with Gasteiger partial charge in [0, 0.05) is 23.0 Å². The SMILES string of the molecule is Cc1cnc(Oc2cc(C(C)C)c(Cl)cc2C)cc1N.